The Morgan fingerprint density at radius 2 is 2.06 bits per heavy atom. The number of aliphatic hydroxyl groups is 1. The van der Waals surface area contributed by atoms with E-state index in [1.54, 1.807) is 0 Å². The van der Waals surface area contributed by atoms with Crippen molar-refractivity contribution in [3.8, 4) is 0 Å². The lowest BCUT2D eigenvalue weighted by Gasteiger charge is -2.21. The molecule has 1 saturated carbocycles. The van der Waals surface area contributed by atoms with Crippen LogP contribution in [0, 0.1) is 5.41 Å². The second kappa shape index (κ2) is 4.16. The van der Waals surface area contributed by atoms with Gasteiger partial charge in [-0.2, -0.15) is 0 Å². The van der Waals surface area contributed by atoms with E-state index < -0.39 is 12.5 Å². The molecule has 0 amide bonds. The zero-order valence-electron chi connectivity index (χ0n) is 8.96. The van der Waals surface area contributed by atoms with Crippen LogP contribution in [-0.2, 0) is 4.74 Å². The van der Waals surface area contributed by atoms with Crippen molar-refractivity contribution in [2.24, 2.45) is 5.41 Å². The van der Waals surface area contributed by atoms with E-state index in [1.165, 1.54) is 0 Å². The number of aliphatic hydroxyl groups excluding tert-OH is 1. The molecular weight excluding hydrogens is 223 g/mol. The number of rotatable bonds is 4. The number of halogens is 3. The summed E-state index contributed by atoms with van der Waals surface area (Å²) in [6, 6.07) is 0. The number of alkyl halides is 3. The lowest BCUT2D eigenvalue weighted by atomic mass is 10.1. The normalized spacial score (nSPS) is 29.6. The highest BCUT2D eigenvalue weighted by Crippen LogP contribution is 2.46. The third-order valence-electron chi connectivity index (χ3n) is 3.38. The maximum absolute atomic E-state index is 12.0. The molecule has 94 valence electrons. The van der Waals surface area contributed by atoms with E-state index in [2.05, 4.69) is 4.74 Å². The van der Waals surface area contributed by atoms with Gasteiger partial charge in [0.25, 0.3) is 0 Å². The molecule has 0 aromatic carbocycles. The maximum atomic E-state index is 12.0. The third-order valence-corrected chi connectivity index (χ3v) is 3.38. The topological polar surface area (TPSA) is 32.7 Å². The molecule has 2 aliphatic rings. The van der Waals surface area contributed by atoms with Crippen LogP contribution < -0.4 is 0 Å². The van der Waals surface area contributed by atoms with Gasteiger partial charge in [-0.15, -0.1) is 13.2 Å². The van der Waals surface area contributed by atoms with Crippen LogP contribution >= 0.6 is 0 Å². The Kier molecular flexibility index (Phi) is 3.16. The molecule has 2 fully saturated rings. The zero-order valence-corrected chi connectivity index (χ0v) is 8.96. The molecule has 0 spiro atoms. The highest BCUT2D eigenvalue weighted by molar-refractivity contribution is 4.96. The molecule has 6 heteroatoms. The van der Waals surface area contributed by atoms with E-state index in [9.17, 15) is 13.2 Å². The quantitative estimate of drug-likeness (QED) is 0.804. The van der Waals surface area contributed by atoms with Gasteiger partial charge in [-0.1, -0.05) is 0 Å². The molecule has 1 unspecified atom stereocenters. The van der Waals surface area contributed by atoms with Gasteiger partial charge >= 0.3 is 6.36 Å². The fourth-order valence-electron chi connectivity index (χ4n) is 2.24. The van der Waals surface area contributed by atoms with Crippen LogP contribution in [-0.4, -0.2) is 48.7 Å². The largest absolute Gasteiger partial charge is 0.522 e. The molecule has 16 heavy (non-hydrogen) atoms. The Labute approximate surface area is 92.2 Å². The summed E-state index contributed by atoms with van der Waals surface area (Å²) in [6.07, 6.45) is -2.90. The number of nitrogens with zero attached hydrogens (tertiary/aromatic N) is 1. The highest BCUT2D eigenvalue weighted by atomic mass is 19.4. The summed E-state index contributed by atoms with van der Waals surface area (Å²) in [5.41, 5.74) is -0.0346. The van der Waals surface area contributed by atoms with Gasteiger partial charge in [0.1, 0.15) is 0 Å². The summed E-state index contributed by atoms with van der Waals surface area (Å²) in [5, 5.41) is 9.13. The summed E-state index contributed by atoms with van der Waals surface area (Å²) < 4.78 is 39.9. The molecule has 1 heterocycles. The van der Waals surface area contributed by atoms with Gasteiger partial charge in [-0.05, 0) is 19.3 Å². The minimum absolute atomic E-state index is 0.0346. The van der Waals surface area contributed by atoms with Gasteiger partial charge < -0.3 is 10.0 Å². The van der Waals surface area contributed by atoms with Crippen LogP contribution in [0.1, 0.15) is 19.3 Å². The highest BCUT2D eigenvalue weighted by Gasteiger charge is 2.45. The van der Waals surface area contributed by atoms with Crippen LogP contribution in [0.3, 0.4) is 0 Å². The Hall–Kier alpha value is -0.330. The van der Waals surface area contributed by atoms with Crippen molar-refractivity contribution in [1.29, 1.82) is 0 Å². The third kappa shape index (κ3) is 3.09. The van der Waals surface area contributed by atoms with Crippen molar-refractivity contribution in [2.45, 2.75) is 31.7 Å². The fraction of sp³-hybridized carbons (Fsp3) is 1.00. The summed E-state index contributed by atoms with van der Waals surface area (Å²) in [4.78, 5) is 1.96. The lowest BCUT2D eigenvalue weighted by molar-refractivity contribution is -0.340. The van der Waals surface area contributed by atoms with E-state index in [0.717, 1.165) is 12.8 Å². The molecular formula is C10H16F3NO2. The molecule has 0 aromatic rings. The second-order valence-electron chi connectivity index (χ2n) is 4.87. The zero-order chi connectivity index (χ0) is 11.8. The molecule has 0 bridgehead atoms. The summed E-state index contributed by atoms with van der Waals surface area (Å²) in [7, 11) is 0. The minimum Gasteiger partial charge on any atom is -0.396 e. The van der Waals surface area contributed by atoms with Crippen molar-refractivity contribution in [3.63, 3.8) is 0 Å². The smallest absolute Gasteiger partial charge is 0.396 e. The van der Waals surface area contributed by atoms with E-state index >= 15 is 0 Å². The molecule has 1 saturated heterocycles. The summed E-state index contributed by atoms with van der Waals surface area (Å²) in [5.74, 6) is 0. The minimum atomic E-state index is -4.53. The molecule has 2 rings (SSSR count). The standard InChI is InChI=1S/C10H16F3NO2/c11-10(12,13)16-8-1-4-14(5-8)6-9(7-15)2-3-9/h8,15H,1-7H2. The van der Waals surface area contributed by atoms with Crippen molar-refractivity contribution >= 4 is 0 Å². The molecule has 1 atom stereocenters. The van der Waals surface area contributed by atoms with E-state index in [4.69, 9.17) is 5.11 Å². The van der Waals surface area contributed by atoms with Gasteiger partial charge in [0.05, 0.1) is 6.10 Å². The Bertz CT molecular complexity index is 253. The van der Waals surface area contributed by atoms with Crippen molar-refractivity contribution in [3.05, 3.63) is 0 Å². The Morgan fingerprint density at radius 1 is 1.38 bits per heavy atom. The maximum Gasteiger partial charge on any atom is 0.522 e. The average molecular weight is 239 g/mol. The van der Waals surface area contributed by atoms with E-state index in [0.29, 0.717) is 26.1 Å². The van der Waals surface area contributed by atoms with Gasteiger partial charge in [-0.3, -0.25) is 4.74 Å². The second-order valence-corrected chi connectivity index (χ2v) is 4.87. The number of hydrogen-bond donors (Lipinski definition) is 1. The van der Waals surface area contributed by atoms with Gasteiger partial charge in [0.2, 0.25) is 0 Å². The molecule has 1 aliphatic heterocycles. The fourth-order valence-corrected chi connectivity index (χ4v) is 2.24. The van der Waals surface area contributed by atoms with Crippen molar-refractivity contribution in [2.75, 3.05) is 26.2 Å². The first-order chi connectivity index (χ1) is 7.42. The van der Waals surface area contributed by atoms with Crippen LogP contribution in [0.15, 0.2) is 0 Å². The molecule has 1 N–H and O–H groups in total. The summed E-state index contributed by atoms with van der Waals surface area (Å²) >= 11 is 0. The number of ether oxygens (including phenoxy) is 1. The molecule has 1 aliphatic carbocycles. The van der Waals surface area contributed by atoms with Gasteiger partial charge in [0.15, 0.2) is 0 Å². The first-order valence-corrected chi connectivity index (χ1v) is 5.50. The van der Waals surface area contributed by atoms with Crippen molar-refractivity contribution < 1.29 is 23.0 Å². The molecule has 3 nitrogen and oxygen atoms in total. The first-order valence-electron chi connectivity index (χ1n) is 5.50. The monoisotopic (exact) mass is 239 g/mol. The average Bonchev–Trinajstić information content (AvgIpc) is 2.80. The predicted octanol–water partition coefficient (Wildman–Crippen LogP) is 1.37. The predicted molar refractivity (Wildman–Crippen MR) is 50.7 cm³/mol. The van der Waals surface area contributed by atoms with Gasteiger partial charge in [0, 0.05) is 31.7 Å². The van der Waals surface area contributed by atoms with Crippen LogP contribution in [0.5, 0.6) is 0 Å². The molecule has 0 aromatic heterocycles. The summed E-state index contributed by atoms with van der Waals surface area (Å²) in [6.45, 7) is 1.78. The first kappa shape index (κ1) is 12.1. The van der Waals surface area contributed by atoms with E-state index in [-0.39, 0.29) is 12.0 Å². The lowest BCUT2D eigenvalue weighted by Crippen LogP contribution is -2.32. The van der Waals surface area contributed by atoms with Crippen LogP contribution in [0.2, 0.25) is 0 Å². The van der Waals surface area contributed by atoms with E-state index in [1.807, 2.05) is 4.90 Å². The Balaban J connectivity index is 1.75. The Morgan fingerprint density at radius 3 is 2.56 bits per heavy atom. The number of likely N-dealkylation sites (tertiary alicyclic amines) is 1. The van der Waals surface area contributed by atoms with Crippen LogP contribution in [0.25, 0.3) is 0 Å². The number of hydrogen-bond acceptors (Lipinski definition) is 3. The molecule has 0 radical (unpaired) electrons. The SMILES string of the molecule is OCC1(CN2CCC(OC(F)(F)F)C2)CC1. The van der Waals surface area contributed by atoms with Crippen LogP contribution in [0.4, 0.5) is 13.2 Å². The van der Waals surface area contributed by atoms with Gasteiger partial charge in [-0.25, -0.2) is 0 Å². The van der Waals surface area contributed by atoms with Crippen molar-refractivity contribution in [1.82, 2.24) is 4.90 Å².